The smallest absolute Gasteiger partial charge is 0.224 e. The molecular formula is C18H29NO3. The van der Waals surface area contributed by atoms with Crippen molar-refractivity contribution in [1.29, 1.82) is 0 Å². The Morgan fingerprint density at radius 3 is 2.27 bits per heavy atom. The van der Waals surface area contributed by atoms with Crippen LogP contribution in [0.1, 0.15) is 63.4 Å². The normalized spacial score (nSPS) is 12.0. The molecule has 1 unspecified atom stereocenters. The first-order chi connectivity index (χ1) is 10.6. The third-order valence-corrected chi connectivity index (χ3v) is 4.00. The van der Waals surface area contributed by atoms with Crippen LogP contribution in [0.5, 0.6) is 11.5 Å². The molecule has 1 amide bonds. The van der Waals surface area contributed by atoms with Crippen molar-refractivity contribution in [3.63, 3.8) is 0 Å². The molecule has 2 N–H and O–H groups in total. The molecule has 1 rings (SSSR count). The minimum atomic E-state index is -0.277. The number of primary amides is 1. The lowest BCUT2D eigenvalue weighted by Gasteiger charge is -2.16. The van der Waals surface area contributed by atoms with Gasteiger partial charge in [-0.05, 0) is 24.1 Å². The van der Waals surface area contributed by atoms with Crippen LogP contribution >= 0.6 is 0 Å². The Hall–Kier alpha value is -1.71. The van der Waals surface area contributed by atoms with Crippen LogP contribution in [0.4, 0.5) is 0 Å². The Bertz CT molecular complexity index is 460. The minimum absolute atomic E-state index is 0.258. The second-order valence-electron chi connectivity index (χ2n) is 5.63. The first-order valence-electron chi connectivity index (χ1n) is 8.15. The molecule has 0 saturated carbocycles. The highest BCUT2D eigenvalue weighted by molar-refractivity contribution is 5.82. The maximum absolute atomic E-state index is 11.8. The van der Waals surface area contributed by atoms with Gasteiger partial charge in [0.25, 0.3) is 0 Å². The molecule has 1 aromatic rings. The fourth-order valence-electron chi connectivity index (χ4n) is 2.67. The predicted octanol–water partition coefficient (Wildman–Crippen LogP) is 4.02. The van der Waals surface area contributed by atoms with E-state index in [1.807, 2.05) is 18.2 Å². The summed E-state index contributed by atoms with van der Waals surface area (Å²) in [7, 11) is 3.19. The number of benzene rings is 1. The highest BCUT2D eigenvalue weighted by atomic mass is 16.5. The van der Waals surface area contributed by atoms with Crippen LogP contribution < -0.4 is 15.2 Å². The number of nitrogens with two attached hydrogens (primary N) is 1. The van der Waals surface area contributed by atoms with Gasteiger partial charge in [0.15, 0.2) is 11.5 Å². The SMILES string of the molecule is CCCCCCCCC(C(N)=O)c1ccc(OC)c(OC)c1. The van der Waals surface area contributed by atoms with Crippen LogP contribution in [-0.2, 0) is 4.79 Å². The zero-order valence-corrected chi connectivity index (χ0v) is 14.1. The molecule has 0 saturated heterocycles. The van der Waals surface area contributed by atoms with E-state index in [1.165, 1.54) is 25.7 Å². The van der Waals surface area contributed by atoms with E-state index in [1.54, 1.807) is 14.2 Å². The van der Waals surface area contributed by atoms with E-state index in [-0.39, 0.29) is 11.8 Å². The third-order valence-electron chi connectivity index (χ3n) is 4.00. The van der Waals surface area contributed by atoms with Crippen LogP contribution in [-0.4, -0.2) is 20.1 Å². The molecule has 4 heteroatoms. The molecule has 0 radical (unpaired) electrons. The largest absolute Gasteiger partial charge is 0.493 e. The summed E-state index contributed by atoms with van der Waals surface area (Å²) in [5.41, 5.74) is 6.48. The van der Waals surface area contributed by atoms with E-state index in [0.29, 0.717) is 11.5 Å². The number of unbranched alkanes of at least 4 members (excludes halogenated alkanes) is 5. The summed E-state index contributed by atoms with van der Waals surface area (Å²) in [5, 5.41) is 0. The lowest BCUT2D eigenvalue weighted by molar-refractivity contribution is -0.119. The minimum Gasteiger partial charge on any atom is -0.493 e. The number of carbonyl (C=O) groups is 1. The Morgan fingerprint density at radius 1 is 1.05 bits per heavy atom. The van der Waals surface area contributed by atoms with E-state index in [0.717, 1.165) is 24.8 Å². The Balaban J connectivity index is 2.65. The molecule has 0 spiro atoms. The molecule has 0 fully saturated rings. The number of carbonyl (C=O) groups excluding carboxylic acids is 1. The molecule has 0 heterocycles. The number of hydrogen-bond donors (Lipinski definition) is 1. The van der Waals surface area contributed by atoms with Gasteiger partial charge < -0.3 is 15.2 Å². The summed E-state index contributed by atoms with van der Waals surface area (Å²) in [5.74, 6) is 0.759. The molecule has 0 aliphatic rings. The molecule has 0 bridgehead atoms. The topological polar surface area (TPSA) is 61.6 Å². The number of methoxy groups -OCH3 is 2. The van der Waals surface area contributed by atoms with E-state index < -0.39 is 0 Å². The van der Waals surface area contributed by atoms with E-state index in [2.05, 4.69) is 6.92 Å². The quantitative estimate of drug-likeness (QED) is 0.628. The summed E-state index contributed by atoms with van der Waals surface area (Å²) < 4.78 is 10.5. The van der Waals surface area contributed by atoms with Gasteiger partial charge in [0.1, 0.15) is 0 Å². The molecule has 22 heavy (non-hydrogen) atoms. The summed E-state index contributed by atoms with van der Waals surface area (Å²) >= 11 is 0. The summed E-state index contributed by atoms with van der Waals surface area (Å²) in [4.78, 5) is 11.8. The van der Waals surface area contributed by atoms with Gasteiger partial charge in [0, 0.05) is 0 Å². The van der Waals surface area contributed by atoms with Crippen molar-refractivity contribution in [2.45, 2.75) is 57.8 Å². The van der Waals surface area contributed by atoms with Crippen LogP contribution in [0.15, 0.2) is 18.2 Å². The summed E-state index contributed by atoms with van der Waals surface area (Å²) in [6.45, 7) is 2.21. The van der Waals surface area contributed by atoms with Gasteiger partial charge in [0.05, 0.1) is 20.1 Å². The first kappa shape index (κ1) is 18.3. The van der Waals surface area contributed by atoms with Crippen molar-refractivity contribution in [1.82, 2.24) is 0 Å². The Morgan fingerprint density at radius 2 is 1.68 bits per heavy atom. The molecule has 124 valence electrons. The second kappa shape index (κ2) is 10.1. The van der Waals surface area contributed by atoms with Crippen molar-refractivity contribution in [2.24, 2.45) is 5.73 Å². The zero-order valence-electron chi connectivity index (χ0n) is 14.1. The van der Waals surface area contributed by atoms with Crippen LogP contribution in [0, 0.1) is 0 Å². The van der Waals surface area contributed by atoms with Crippen molar-refractivity contribution >= 4 is 5.91 Å². The molecule has 0 aliphatic carbocycles. The molecule has 0 aliphatic heterocycles. The van der Waals surface area contributed by atoms with Crippen molar-refractivity contribution < 1.29 is 14.3 Å². The van der Waals surface area contributed by atoms with Gasteiger partial charge in [0.2, 0.25) is 5.91 Å². The molecule has 4 nitrogen and oxygen atoms in total. The average molecular weight is 307 g/mol. The van der Waals surface area contributed by atoms with Gasteiger partial charge in [-0.15, -0.1) is 0 Å². The zero-order chi connectivity index (χ0) is 16.4. The van der Waals surface area contributed by atoms with E-state index in [4.69, 9.17) is 15.2 Å². The van der Waals surface area contributed by atoms with Crippen molar-refractivity contribution in [3.05, 3.63) is 23.8 Å². The highest BCUT2D eigenvalue weighted by Gasteiger charge is 2.19. The highest BCUT2D eigenvalue weighted by Crippen LogP contribution is 2.32. The number of amides is 1. The predicted molar refractivity (Wildman–Crippen MR) is 89.5 cm³/mol. The first-order valence-corrected chi connectivity index (χ1v) is 8.15. The standard InChI is InChI=1S/C18H29NO3/c1-4-5-6-7-8-9-10-15(18(19)20)14-11-12-16(21-2)17(13-14)22-3/h11-13,15H,4-10H2,1-3H3,(H2,19,20). The monoisotopic (exact) mass is 307 g/mol. The maximum Gasteiger partial charge on any atom is 0.224 e. The van der Waals surface area contributed by atoms with Crippen molar-refractivity contribution in [2.75, 3.05) is 14.2 Å². The summed E-state index contributed by atoms with van der Waals surface area (Å²) in [6.07, 6.45) is 7.99. The van der Waals surface area contributed by atoms with E-state index >= 15 is 0 Å². The Kier molecular flexibility index (Phi) is 8.41. The number of rotatable bonds is 11. The van der Waals surface area contributed by atoms with Crippen LogP contribution in [0.25, 0.3) is 0 Å². The fraction of sp³-hybridized carbons (Fsp3) is 0.611. The number of hydrogen-bond acceptors (Lipinski definition) is 3. The molecule has 1 atom stereocenters. The lowest BCUT2D eigenvalue weighted by atomic mass is 9.92. The number of ether oxygens (including phenoxy) is 2. The van der Waals surface area contributed by atoms with E-state index in [9.17, 15) is 4.79 Å². The van der Waals surface area contributed by atoms with Gasteiger partial charge in [-0.2, -0.15) is 0 Å². The van der Waals surface area contributed by atoms with Crippen LogP contribution in [0.2, 0.25) is 0 Å². The fourth-order valence-corrected chi connectivity index (χ4v) is 2.67. The summed E-state index contributed by atoms with van der Waals surface area (Å²) in [6, 6.07) is 5.57. The van der Waals surface area contributed by atoms with Gasteiger partial charge in [-0.1, -0.05) is 51.5 Å². The molecular weight excluding hydrogens is 278 g/mol. The molecule has 0 aromatic heterocycles. The maximum atomic E-state index is 11.8. The Labute approximate surface area is 134 Å². The van der Waals surface area contributed by atoms with Gasteiger partial charge in [-0.25, -0.2) is 0 Å². The average Bonchev–Trinajstić information content (AvgIpc) is 2.53. The van der Waals surface area contributed by atoms with Crippen molar-refractivity contribution in [3.8, 4) is 11.5 Å². The van der Waals surface area contributed by atoms with Gasteiger partial charge >= 0.3 is 0 Å². The second-order valence-corrected chi connectivity index (χ2v) is 5.63. The molecule has 1 aromatic carbocycles. The van der Waals surface area contributed by atoms with Gasteiger partial charge in [-0.3, -0.25) is 4.79 Å². The van der Waals surface area contributed by atoms with Crippen LogP contribution in [0.3, 0.4) is 0 Å². The lowest BCUT2D eigenvalue weighted by Crippen LogP contribution is -2.21. The third kappa shape index (κ3) is 5.58.